The van der Waals surface area contributed by atoms with Gasteiger partial charge in [-0.15, -0.1) is 0 Å². The first kappa shape index (κ1) is 9.48. The molecule has 0 unspecified atom stereocenters. The molecule has 1 radical (unpaired) electrons. The summed E-state index contributed by atoms with van der Waals surface area (Å²) in [5, 5.41) is 10.3. The molecular formula is C8H14NO3. The smallest absolute Gasteiger partial charge is 0.303 e. The number of hydroxylamine groups is 2. The molecule has 0 bridgehead atoms. The summed E-state index contributed by atoms with van der Waals surface area (Å²) in [4.78, 5) is 15.4. The summed E-state index contributed by atoms with van der Waals surface area (Å²) in [5.41, 5.74) is 0. The first-order valence-corrected chi connectivity index (χ1v) is 4.07. The third-order valence-electron chi connectivity index (χ3n) is 2.00. The summed E-state index contributed by atoms with van der Waals surface area (Å²) in [5.74, 6) is 0.304. The largest absolute Gasteiger partial charge is 0.481 e. The van der Waals surface area contributed by atoms with Crippen LogP contribution < -0.4 is 0 Å². The van der Waals surface area contributed by atoms with Crippen LogP contribution in [0.3, 0.4) is 0 Å². The Morgan fingerprint density at radius 1 is 1.75 bits per heavy atom. The molecule has 4 heteroatoms. The molecule has 1 rings (SSSR count). The van der Waals surface area contributed by atoms with E-state index in [0.717, 1.165) is 25.3 Å². The maximum absolute atomic E-state index is 10.4. The second kappa shape index (κ2) is 4.42. The van der Waals surface area contributed by atoms with Gasteiger partial charge in [0.25, 0.3) is 0 Å². The third-order valence-corrected chi connectivity index (χ3v) is 2.00. The Morgan fingerprint density at radius 3 is 3.08 bits per heavy atom. The highest BCUT2D eigenvalue weighted by Gasteiger charge is 2.22. The van der Waals surface area contributed by atoms with Crippen molar-refractivity contribution in [2.75, 3.05) is 20.2 Å². The highest BCUT2D eigenvalue weighted by molar-refractivity contribution is 5.69. The van der Waals surface area contributed by atoms with Crippen LogP contribution in [0.4, 0.5) is 0 Å². The van der Waals surface area contributed by atoms with Crippen LogP contribution in [-0.2, 0) is 9.63 Å². The van der Waals surface area contributed by atoms with Crippen molar-refractivity contribution in [3.8, 4) is 0 Å². The van der Waals surface area contributed by atoms with Gasteiger partial charge in [-0.25, -0.2) is 0 Å². The number of hydrogen-bond donors (Lipinski definition) is 1. The molecule has 1 saturated heterocycles. The van der Waals surface area contributed by atoms with Gasteiger partial charge < -0.3 is 9.94 Å². The summed E-state index contributed by atoms with van der Waals surface area (Å²) in [7, 11) is 1.61. The van der Waals surface area contributed by atoms with E-state index >= 15 is 0 Å². The van der Waals surface area contributed by atoms with Crippen LogP contribution in [0.1, 0.15) is 19.3 Å². The van der Waals surface area contributed by atoms with E-state index in [4.69, 9.17) is 9.94 Å². The summed E-state index contributed by atoms with van der Waals surface area (Å²) in [6.45, 7) is 1.57. The topological polar surface area (TPSA) is 49.8 Å². The van der Waals surface area contributed by atoms with E-state index in [0.29, 0.717) is 6.54 Å². The summed E-state index contributed by atoms with van der Waals surface area (Å²) in [6.07, 6.45) is 2.10. The molecule has 4 nitrogen and oxygen atoms in total. The van der Waals surface area contributed by atoms with Crippen LogP contribution in [0.15, 0.2) is 0 Å². The highest BCUT2D eigenvalue weighted by Crippen LogP contribution is 2.21. The van der Waals surface area contributed by atoms with Crippen LogP contribution in [-0.4, -0.2) is 36.3 Å². The van der Waals surface area contributed by atoms with E-state index < -0.39 is 5.97 Å². The molecule has 1 aliphatic heterocycles. The van der Waals surface area contributed by atoms with E-state index in [1.165, 1.54) is 0 Å². The average Bonchev–Trinajstić information content (AvgIpc) is 2.03. The molecule has 0 aromatic carbocycles. The molecule has 0 saturated carbocycles. The van der Waals surface area contributed by atoms with Crippen LogP contribution >= 0.6 is 0 Å². The molecular weight excluding hydrogens is 158 g/mol. The molecule has 1 heterocycles. The van der Waals surface area contributed by atoms with Crippen molar-refractivity contribution in [3.05, 3.63) is 5.92 Å². The first-order valence-electron chi connectivity index (χ1n) is 4.07. The summed E-state index contributed by atoms with van der Waals surface area (Å²) < 4.78 is 0. The predicted octanol–water partition coefficient (Wildman–Crippen LogP) is 0.693. The lowest BCUT2D eigenvalue weighted by Crippen LogP contribution is -2.34. The minimum absolute atomic E-state index is 0.180. The molecule has 0 aromatic rings. The van der Waals surface area contributed by atoms with Crippen molar-refractivity contribution in [1.29, 1.82) is 0 Å². The molecule has 0 spiro atoms. The monoisotopic (exact) mass is 172 g/mol. The molecule has 12 heavy (non-hydrogen) atoms. The highest BCUT2D eigenvalue weighted by atomic mass is 16.7. The molecule has 1 N–H and O–H groups in total. The lowest BCUT2D eigenvalue weighted by molar-refractivity contribution is -0.143. The zero-order chi connectivity index (χ0) is 8.97. The number of hydrogen-bond acceptors (Lipinski definition) is 3. The Labute approximate surface area is 72.1 Å². The fraction of sp³-hybridized carbons (Fsp3) is 0.750. The second-order valence-corrected chi connectivity index (χ2v) is 2.97. The van der Waals surface area contributed by atoms with Crippen LogP contribution in [0.2, 0.25) is 0 Å². The summed E-state index contributed by atoms with van der Waals surface area (Å²) in [6, 6.07) is 0. The number of rotatable bonds is 3. The summed E-state index contributed by atoms with van der Waals surface area (Å²) >= 11 is 0. The van der Waals surface area contributed by atoms with Crippen LogP contribution in [0.25, 0.3) is 0 Å². The standard InChI is InChI=1S/C8H14NO3/c1-12-9-4-2-3-7(6-9)5-8(10)11/h2-6H2,1H3,(H,10,11). The van der Waals surface area contributed by atoms with Crippen molar-refractivity contribution in [3.63, 3.8) is 0 Å². The average molecular weight is 172 g/mol. The molecule has 1 fully saturated rings. The normalized spacial score (nSPS) is 21.1. The minimum Gasteiger partial charge on any atom is -0.481 e. The predicted molar refractivity (Wildman–Crippen MR) is 43.3 cm³/mol. The second-order valence-electron chi connectivity index (χ2n) is 2.97. The van der Waals surface area contributed by atoms with Gasteiger partial charge in [-0.05, 0) is 12.8 Å². The van der Waals surface area contributed by atoms with Crippen molar-refractivity contribution in [1.82, 2.24) is 5.06 Å². The Morgan fingerprint density at radius 2 is 2.50 bits per heavy atom. The van der Waals surface area contributed by atoms with Crippen LogP contribution in [0, 0.1) is 5.92 Å². The van der Waals surface area contributed by atoms with Gasteiger partial charge >= 0.3 is 5.97 Å². The number of aliphatic carboxylic acids is 1. The molecule has 0 amide bonds. The van der Waals surface area contributed by atoms with Gasteiger partial charge in [-0.1, -0.05) is 0 Å². The van der Waals surface area contributed by atoms with E-state index in [9.17, 15) is 4.79 Å². The zero-order valence-electron chi connectivity index (χ0n) is 7.25. The van der Waals surface area contributed by atoms with Crippen molar-refractivity contribution < 1.29 is 14.7 Å². The Balaban J connectivity index is 2.30. The quantitative estimate of drug-likeness (QED) is 0.680. The Kier molecular flexibility index (Phi) is 3.49. The van der Waals surface area contributed by atoms with E-state index in [2.05, 4.69) is 0 Å². The molecule has 69 valence electrons. The number of nitrogens with zero attached hydrogens (tertiary/aromatic N) is 1. The van der Waals surface area contributed by atoms with E-state index in [1.807, 2.05) is 0 Å². The van der Waals surface area contributed by atoms with Crippen molar-refractivity contribution >= 4 is 5.97 Å². The van der Waals surface area contributed by atoms with Gasteiger partial charge in [0.05, 0.1) is 13.5 Å². The van der Waals surface area contributed by atoms with Gasteiger partial charge in [-0.3, -0.25) is 4.79 Å². The number of carboxylic acids is 1. The fourth-order valence-corrected chi connectivity index (χ4v) is 1.43. The fourth-order valence-electron chi connectivity index (χ4n) is 1.43. The molecule has 0 aromatic heterocycles. The molecule has 0 atom stereocenters. The Bertz CT molecular complexity index is 160. The first-order chi connectivity index (χ1) is 5.72. The molecule has 0 aliphatic carbocycles. The lowest BCUT2D eigenvalue weighted by Gasteiger charge is -2.29. The minimum atomic E-state index is -0.747. The number of carbonyl (C=O) groups is 1. The lowest BCUT2D eigenvalue weighted by atomic mass is 9.96. The van der Waals surface area contributed by atoms with Gasteiger partial charge in [0.15, 0.2) is 0 Å². The van der Waals surface area contributed by atoms with Gasteiger partial charge in [-0.2, -0.15) is 5.06 Å². The van der Waals surface area contributed by atoms with E-state index in [-0.39, 0.29) is 6.42 Å². The SMILES string of the molecule is CON1CCC[C](CC(=O)O)C1. The zero-order valence-corrected chi connectivity index (χ0v) is 7.25. The maximum atomic E-state index is 10.4. The van der Waals surface area contributed by atoms with Gasteiger partial charge in [0, 0.05) is 19.0 Å². The number of piperidine rings is 1. The third kappa shape index (κ3) is 2.79. The van der Waals surface area contributed by atoms with Crippen LogP contribution in [0.5, 0.6) is 0 Å². The molecule has 1 aliphatic rings. The van der Waals surface area contributed by atoms with Crippen molar-refractivity contribution in [2.24, 2.45) is 0 Å². The van der Waals surface area contributed by atoms with Gasteiger partial charge in [0.2, 0.25) is 0 Å². The van der Waals surface area contributed by atoms with Crippen molar-refractivity contribution in [2.45, 2.75) is 19.3 Å². The Hall–Kier alpha value is -0.610. The van der Waals surface area contributed by atoms with E-state index in [1.54, 1.807) is 12.2 Å². The maximum Gasteiger partial charge on any atom is 0.303 e. The number of carboxylic acid groups (broad SMARTS) is 1. The van der Waals surface area contributed by atoms with Gasteiger partial charge in [0.1, 0.15) is 0 Å².